The standard InChI is InChI=1S/C10H20N2O/c1-11-4-2-10(3-5-11)12-6-8-13-9-7-12/h10-11H,1-9H2. The molecule has 0 spiro atoms. The molecule has 0 aromatic rings. The van der Waals surface area contributed by atoms with Crippen LogP contribution in [0.5, 0.6) is 0 Å². The maximum atomic E-state index is 5.35. The summed E-state index contributed by atoms with van der Waals surface area (Å²) in [5.74, 6) is 0. The van der Waals surface area contributed by atoms with Gasteiger partial charge in [0.1, 0.15) is 0 Å². The highest BCUT2D eigenvalue weighted by Gasteiger charge is 2.24. The van der Waals surface area contributed by atoms with Gasteiger partial charge in [-0.3, -0.25) is 4.90 Å². The smallest absolute Gasteiger partial charge is 0.0594 e. The Balaban J connectivity index is 1.79. The molecular weight excluding hydrogens is 164 g/mol. The van der Waals surface area contributed by atoms with E-state index in [9.17, 15) is 0 Å². The first-order valence-corrected chi connectivity index (χ1v) is 5.35. The minimum atomic E-state index is 0.814. The summed E-state index contributed by atoms with van der Waals surface area (Å²) in [7, 11) is 4.05. The van der Waals surface area contributed by atoms with Crippen LogP contribution in [0.2, 0.25) is 0 Å². The van der Waals surface area contributed by atoms with Crippen LogP contribution >= 0.6 is 0 Å². The lowest BCUT2D eigenvalue weighted by Crippen LogP contribution is -3.08. The largest absolute Gasteiger partial charge is 0.468 e. The minimum Gasteiger partial charge on any atom is -0.468 e. The molecule has 0 amide bonds. The van der Waals surface area contributed by atoms with Crippen LogP contribution in [0.3, 0.4) is 0 Å². The Morgan fingerprint density at radius 2 is 1.77 bits per heavy atom. The first kappa shape index (κ1) is 9.44. The fraction of sp³-hybridized carbons (Fsp3) is 0.900. The molecule has 0 bridgehead atoms. The van der Waals surface area contributed by atoms with E-state index in [-0.39, 0.29) is 0 Å². The van der Waals surface area contributed by atoms with Gasteiger partial charge in [-0.2, -0.15) is 7.05 Å². The molecule has 0 radical (unpaired) electrons. The third kappa shape index (κ3) is 2.42. The number of hydrogen-bond donors (Lipinski definition) is 1. The number of rotatable bonds is 1. The number of quaternary nitrogens is 1. The summed E-state index contributed by atoms with van der Waals surface area (Å²) in [6.45, 7) is 6.60. The zero-order valence-electron chi connectivity index (χ0n) is 8.30. The number of nitrogens with zero attached hydrogens (tertiary/aromatic N) is 1. The molecule has 2 fully saturated rings. The van der Waals surface area contributed by atoms with Crippen molar-refractivity contribution in [1.29, 1.82) is 0 Å². The Hall–Kier alpha value is -0.120. The number of piperidine rings is 1. The molecule has 0 atom stereocenters. The summed E-state index contributed by atoms with van der Waals surface area (Å²) in [5.41, 5.74) is 0. The van der Waals surface area contributed by atoms with Crippen molar-refractivity contribution in [1.82, 2.24) is 4.90 Å². The predicted octanol–water partition coefficient (Wildman–Crippen LogP) is -0.843. The maximum Gasteiger partial charge on any atom is 0.0594 e. The Bertz CT molecular complexity index is 149. The van der Waals surface area contributed by atoms with Crippen LogP contribution in [-0.2, 0) is 4.74 Å². The molecule has 0 aliphatic carbocycles. The zero-order valence-corrected chi connectivity index (χ0v) is 8.30. The third-order valence-electron chi connectivity index (χ3n) is 3.22. The van der Waals surface area contributed by atoms with Gasteiger partial charge in [0.25, 0.3) is 0 Å². The van der Waals surface area contributed by atoms with Crippen LogP contribution in [0.15, 0.2) is 0 Å². The number of hydrogen-bond acceptors (Lipinski definition) is 2. The van der Waals surface area contributed by atoms with Gasteiger partial charge in [-0.1, -0.05) is 0 Å². The van der Waals surface area contributed by atoms with Gasteiger partial charge >= 0.3 is 0 Å². The first-order valence-electron chi connectivity index (χ1n) is 5.35. The van der Waals surface area contributed by atoms with Crippen LogP contribution in [0.1, 0.15) is 12.8 Å². The van der Waals surface area contributed by atoms with E-state index >= 15 is 0 Å². The number of ether oxygens (including phenoxy) is 1. The summed E-state index contributed by atoms with van der Waals surface area (Å²) in [5, 5.41) is 0. The topological polar surface area (TPSA) is 16.9 Å². The van der Waals surface area contributed by atoms with Crippen molar-refractivity contribution in [3.05, 3.63) is 7.05 Å². The van der Waals surface area contributed by atoms with Gasteiger partial charge in [0.05, 0.1) is 26.3 Å². The molecule has 0 saturated carbocycles. The van der Waals surface area contributed by atoms with Crippen molar-refractivity contribution in [2.75, 3.05) is 39.4 Å². The fourth-order valence-electron chi connectivity index (χ4n) is 2.32. The second kappa shape index (κ2) is 4.40. The van der Waals surface area contributed by atoms with Crippen molar-refractivity contribution in [3.63, 3.8) is 0 Å². The molecule has 2 heterocycles. The molecule has 2 saturated heterocycles. The monoisotopic (exact) mass is 184 g/mol. The average molecular weight is 184 g/mol. The highest BCUT2D eigenvalue weighted by Crippen LogP contribution is 2.11. The Kier molecular flexibility index (Phi) is 3.19. The van der Waals surface area contributed by atoms with Gasteiger partial charge in [0.2, 0.25) is 0 Å². The Labute approximate surface area is 80.6 Å². The second-order valence-electron chi connectivity index (χ2n) is 4.13. The van der Waals surface area contributed by atoms with Gasteiger partial charge < -0.3 is 9.64 Å². The maximum absolute atomic E-state index is 5.35. The fourth-order valence-corrected chi connectivity index (χ4v) is 2.32. The lowest BCUT2D eigenvalue weighted by Gasteiger charge is -2.39. The molecule has 3 heteroatoms. The summed E-state index contributed by atoms with van der Waals surface area (Å²) in [6.07, 6.45) is 2.64. The van der Waals surface area contributed by atoms with E-state index in [1.807, 2.05) is 0 Å². The molecule has 0 aromatic heterocycles. The van der Waals surface area contributed by atoms with Crippen molar-refractivity contribution < 1.29 is 9.64 Å². The second-order valence-corrected chi connectivity index (χ2v) is 4.13. The summed E-state index contributed by atoms with van der Waals surface area (Å²) >= 11 is 0. The molecule has 3 nitrogen and oxygen atoms in total. The van der Waals surface area contributed by atoms with Crippen LogP contribution in [0, 0.1) is 7.05 Å². The van der Waals surface area contributed by atoms with Crippen LogP contribution in [-0.4, -0.2) is 50.3 Å². The van der Waals surface area contributed by atoms with Crippen molar-refractivity contribution >= 4 is 0 Å². The molecule has 2 aliphatic rings. The molecule has 13 heavy (non-hydrogen) atoms. The Morgan fingerprint density at radius 3 is 2.38 bits per heavy atom. The molecule has 0 unspecified atom stereocenters. The lowest BCUT2D eigenvalue weighted by molar-refractivity contribution is -0.859. The van der Waals surface area contributed by atoms with E-state index in [1.165, 1.54) is 30.8 Å². The summed E-state index contributed by atoms with van der Waals surface area (Å²) in [4.78, 5) is 4.04. The van der Waals surface area contributed by atoms with E-state index < -0.39 is 0 Å². The van der Waals surface area contributed by atoms with Gasteiger partial charge in [0.15, 0.2) is 0 Å². The SMILES string of the molecule is [CH2-][NH+]1CCC(N2CCOCC2)CC1. The summed E-state index contributed by atoms with van der Waals surface area (Å²) in [6, 6.07) is 0.814. The van der Waals surface area contributed by atoms with Gasteiger partial charge in [0, 0.05) is 32.0 Å². The van der Waals surface area contributed by atoms with E-state index in [4.69, 9.17) is 4.74 Å². The zero-order chi connectivity index (χ0) is 9.10. The van der Waals surface area contributed by atoms with Crippen molar-refractivity contribution in [3.8, 4) is 0 Å². The van der Waals surface area contributed by atoms with Crippen LogP contribution in [0.25, 0.3) is 0 Å². The normalized spacial score (nSPS) is 37.6. The van der Waals surface area contributed by atoms with E-state index in [1.54, 1.807) is 0 Å². The quantitative estimate of drug-likeness (QED) is 0.535. The third-order valence-corrected chi connectivity index (χ3v) is 3.22. The Morgan fingerprint density at radius 1 is 1.15 bits per heavy atom. The minimum absolute atomic E-state index is 0.814. The van der Waals surface area contributed by atoms with Gasteiger partial charge in [-0.25, -0.2) is 0 Å². The van der Waals surface area contributed by atoms with E-state index in [0.717, 1.165) is 32.3 Å². The molecular formula is C10H20N2O. The molecule has 1 N–H and O–H groups in total. The molecule has 76 valence electrons. The van der Waals surface area contributed by atoms with Crippen molar-refractivity contribution in [2.45, 2.75) is 18.9 Å². The molecule has 2 aliphatic heterocycles. The average Bonchev–Trinajstić information content (AvgIpc) is 2.20. The van der Waals surface area contributed by atoms with Crippen LogP contribution < -0.4 is 4.90 Å². The highest BCUT2D eigenvalue weighted by atomic mass is 16.5. The molecule has 0 aromatic carbocycles. The predicted molar refractivity (Wildman–Crippen MR) is 51.5 cm³/mol. The highest BCUT2D eigenvalue weighted by molar-refractivity contribution is 4.75. The van der Waals surface area contributed by atoms with Crippen molar-refractivity contribution in [2.24, 2.45) is 0 Å². The summed E-state index contributed by atoms with van der Waals surface area (Å²) < 4.78 is 5.35. The number of morpholine rings is 1. The van der Waals surface area contributed by atoms with Crippen LogP contribution in [0.4, 0.5) is 0 Å². The number of likely N-dealkylation sites (tertiary alicyclic amines) is 1. The van der Waals surface area contributed by atoms with E-state index in [0.29, 0.717) is 0 Å². The van der Waals surface area contributed by atoms with E-state index in [2.05, 4.69) is 11.9 Å². The van der Waals surface area contributed by atoms with Gasteiger partial charge in [-0.05, 0) is 0 Å². The molecule has 2 rings (SSSR count). The first-order chi connectivity index (χ1) is 6.36. The lowest BCUT2D eigenvalue weighted by atomic mass is 10.0. The number of nitrogens with one attached hydrogen (secondary N) is 1. The van der Waals surface area contributed by atoms with Gasteiger partial charge in [-0.15, -0.1) is 0 Å².